The Balaban J connectivity index is 1.63. The van der Waals surface area contributed by atoms with Crippen LogP contribution in [0.3, 0.4) is 0 Å². The van der Waals surface area contributed by atoms with Gasteiger partial charge in [-0.1, -0.05) is 28.9 Å². The maximum atomic E-state index is 13.4. The molecule has 1 aliphatic rings. The maximum Gasteiger partial charge on any atom is 0.277 e. The van der Waals surface area contributed by atoms with Crippen LogP contribution >= 0.6 is 11.6 Å². The van der Waals surface area contributed by atoms with Crippen LogP contribution in [-0.4, -0.2) is 39.0 Å². The van der Waals surface area contributed by atoms with Gasteiger partial charge in [0.15, 0.2) is 5.69 Å². The van der Waals surface area contributed by atoms with Gasteiger partial charge in [-0.05, 0) is 68.7 Å². The average molecular weight is 411 g/mol. The van der Waals surface area contributed by atoms with Crippen LogP contribution < -0.4 is 4.74 Å². The van der Waals surface area contributed by atoms with Crippen molar-refractivity contribution in [3.05, 3.63) is 70.5 Å². The lowest BCUT2D eigenvalue weighted by molar-refractivity contribution is 0.0667. The Bertz CT molecular complexity index is 1010. The minimum Gasteiger partial charge on any atom is -0.497 e. The number of rotatable bonds is 6. The van der Waals surface area contributed by atoms with Gasteiger partial charge >= 0.3 is 0 Å². The molecule has 1 unspecified atom stereocenters. The van der Waals surface area contributed by atoms with Crippen LogP contribution in [0.4, 0.5) is 0 Å². The van der Waals surface area contributed by atoms with Gasteiger partial charge in [0.2, 0.25) is 0 Å². The normalized spacial score (nSPS) is 14.5. The zero-order valence-corrected chi connectivity index (χ0v) is 17.4. The zero-order valence-electron chi connectivity index (χ0n) is 16.7. The second kappa shape index (κ2) is 7.87. The van der Waals surface area contributed by atoms with Crippen LogP contribution in [0.1, 0.15) is 47.6 Å². The quantitative estimate of drug-likeness (QED) is 0.595. The van der Waals surface area contributed by atoms with Gasteiger partial charge in [0.25, 0.3) is 5.91 Å². The summed E-state index contributed by atoms with van der Waals surface area (Å²) in [7, 11) is 1.63. The number of halogens is 1. The second-order valence-electron chi connectivity index (χ2n) is 7.30. The van der Waals surface area contributed by atoms with Gasteiger partial charge in [0, 0.05) is 11.1 Å². The van der Waals surface area contributed by atoms with E-state index in [1.165, 1.54) is 0 Å². The second-order valence-corrected chi connectivity index (χ2v) is 7.74. The highest BCUT2D eigenvalue weighted by Gasteiger charge is 2.38. The monoisotopic (exact) mass is 410 g/mol. The van der Waals surface area contributed by atoms with Crippen molar-refractivity contribution in [1.29, 1.82) is 0 Å². The van der Waals surface area contributed by atoms with Crippen LogP contribution in [0.15, 0.2) is 48.5 Å². The standard InChI is InChI=1S/C22H23ClN4O2/c1-14(16-4-6-17(23)7-5-16)26(18-8-9-18)22(28)21-15(2)27(25-24-21)19-10-12-20(29-3)13-11-19/h4-7,10-14,18H,8-9H2,1-3H3. The minimum atomic E-state index is -0.0905. The Morgan fingerprint density at radius 1 is 1.17 bits per heavy atom. The fraction of sp³-hybridized carbons (Fsp3) is 0.318. The molecular weight excluding hydrogens is 388 g/mol. The molecule has 1 saturated carbocycles. The van der Waals surface area contributed by atoms with E-state index in [9.17, 15) is 4.79 Å². The Hall–Kier alpha value is -2.86. The molecule has 150 valence electrons. The predicted octanol–water partition coefficient (Wildman–Crippen LogP) is 4.60. The smallest absolute Gasteiger partial charge is 0.277 e. The van der Waals surface area contributed by atoms with E-state index in [-0.39, 0.29) is 18.0 Å². The Morgan fingerprint density at radius 3 is 2.41 bits per heavy atom. The van der Waals surface area contributed by atoms with Gasteiger partial charge in [-0.25, -0.2) is 4.68 Å². The first-order valence-corrected chi connectivity index (χ1v) is 10.0. The van der Waals surface area contributed by atoms with Crippen LogP contribution in [0.25, 0.3) is 5.69 Å². The van der Waals surface area contributed by atoms with Crippen LogP contribution in [-0.2, 0) is 0 Å². The molecular formula is C22H23ClN4O2. The number of hydrogen-bond acceptors (Lipinski definition) is 4. The molecule has 1 aromatic heterocycles. The number of ether oxygens (including phenoxy) is 1. The summed E-state index contributed by atoms with van der Waals surface area (Å²) in [6.07, 6.45) is 2.02. The van der Waals surface area contributed by atoms with E-state index in [0.29, 0.717) is 16.4 Å². The molecule has 4 rings (SSSR count). The summed E-state index contributed by atoms with van der Waals surface area (Å²) in [5.74, 6) is 0.673. The van der Waals surface area contributed by atoms with E-state index in [2.05, 4.69) is 10.3 Å². The van der Waals surface area contributed by atoms with Crippen molar-refractivity contribution < 1.29 is 9.53 Å². The molecule has 0 saturated heterocycles. The summed E-state index contributed by atoms with van der Waals surface area (Å²) in [5, 5.41) is 9.14. The lowest BCUT2D eigenvalue weighted by Crippen LogP contribution is -2.36. The third kappa shape index (κ3) is 3.85. The van der Waals surface area contributed by atoms with Gasteiger partial charge in [-0.2, -0.15) is 0 Å². The van der Waals surface area contributed by atoms with E-state index >= 15 is 0 Å². The van der Waals surface area contributed by atoms with E-state index in [1.54, 1.807) is 11.8 Å². The van der Waals surface area contributed by atoms with Crippen molar-refractivity contribution in [2.45, 2.75) is 38.8 Å². The number of methoxy groups -OCH3 is 1. The van der Waals surface area contributed by atoms with Crippen molar-refractivity contribution >= 4 is 17.5 Å². The van der Waals surface area contributed by atoms with E-state index in [1.807, 2.05) is 67.3 Å². The van der Waals surface area contributed by atoms with Gasteiger partial charge in [0.1, 0.15) is 5.75 Å². The molecule has 0 spiro atoms. The molecule has 0 aliphatic heterocycles. The molecule has 3 aromatic rings. The number of hydrogen-bond donors (Lipinski definition) is 0. The summed E-state index contributed by atoms with van der Waals surface area (Å²) in [6.45, 7) is 3.91. The summed E-state index contributed by atoms with van der Waals surface area (Å²) in [5.41, 5.74) is 2.98. The molecule has 1 aliphatic carbocycles. The SMILES string of the molecule is COc1ccc(-n2nnc(C(=O)N(C3CC3)C(C)c3ccc(Cl)cc3)c2C)cc1. The number of aromatic nitrogens is 3. The summed E-state index contributed by atoms with van der Waals surface area (Å²) in [4.78, 5) is 15.4. The third-order valence-corrected chi connectivity index (χ3v) is 5.61. The van der Waals surface area contributed by atoms with Gasteiger partial charge in [-0.3, -0.25) is 4.79 Å². The average Bonchev–Trinajstić information content (AvgIpc) is 3.49. The van der Waals surface area contributed by atoms with Crippen molar-refractivity contribution in [3.63, 3.8) is 0 Å². The van der Waals surface area contributed by atoms with E-state index in [4.69, 9.17) is 16.3 Å². The Morgan fingerprint density at radius 2 is 1.83 bits per heavy atom. The highest BCUT2D eigenvalue weighted by Crippen LogP contribution is 2.36. The number of benzene rings is 2. The highest BCUT2D eigenvalue weighted by atomic mass is 35.5. The molecule has 1 atom stereocenters. The molecule has 1 amide bonds. The largest absolute Gasteiger partial charge is 0.497 e. The first-order chi connectivity index (χ1) is 14.0. The topological polar surface area (TPSA) is 60.2 Å². The van der Waals surface area contributed by atoms with Crippen molar-refractivity contribution in [3.8, 4) is 11.4 Å². The third-order valence-electron chi connectivity index (χ3n) is 5.36. The predicted molar refractivity (Wildman–Crippen MR) is 112 cm³/mol. The summed E-state index contributed by atoms with van der Waals surface area (Å²) in [6, 6.07) is 15.3. The molecule has 0 bridgehead atoms. The fourth-order valence-electron chi connectivity index (χ4n) is 3.53. The summed E-state index contributed by atoms with van der Waals surface area (Å²) >= 11 is 6.02. The molecule has 0 radical (unpaired) electrons. The molecule has 29 heavy (non-hydrogen) atoms. The first kappa shape index (κ1) is 19.5. The fourth-order valence-corrected chi connectivity index (χ4v) is 3.66. The van der Waals surface area contributed by atoms with Crippen molar-refractivity contribution in [2.75, 3.05) is 7.11 Å². The van der Waals surface area contributed by atoms with Crippen LogP contribution in [0.2, 0.25) is 5.02 Å². The molecule has 7 heteroatoms. The minimum absolute atomic E-state index is 0.0715. The molecule has 1 heterocycles. The number of carbonyl (C=O) groups excluding carboxylic acids is 1. The van der Waals surface area contributed by atoms with Crippen molar-refractivity contribution in [2.24, 2.45) is 0 Å². The van der Waals surface area contributed by atoms with E-state index in [0.717, 1.165) is 29.8 Å². The zero-order chi connectivity index (χ0) is 20.5. The lowest BCUT2D eigenvalue weighted by atomic mass is 10.1. The molecule has 0 N–H and O–H groups in total. The van der Waals surface area contributed by atoms with Crippen molar-refractivity contribution in [1.82, 2.24) is 19.9 Å². The number of nitrogens with zero attached hydrogens (tertiary/aromatic N) is 4. The molecule has 6 nitrogen and oxygen atoms in total. The molecule has 1 fully saturated rings. The van der Waals surface area contributed by atoms with Gasteiger partial charge < -0.3 is 9.64 Å². The van der Waals surface area contributed by atoms with Crippen LogP contribution in [0, 0.1) is 6.92 Å². The Kier molecular flexibility index (Phi) is 5.28. The summed E-state index contributed by atoms with van der Waals surface area (Å²) < 4.78 is 6.89. The van der Waals surface area contributed by atoms with Gasteiger partial charge in [0.05, 0.1) is 24.5 Å². The first-order valence-electron chi connectivity index (χ1n) is 9.64. The van der Waals surface area contributed by atoms with Gasteiger partial charge in [-0.15, -0.1) is 5.10 Å². The highest BCUT2D eigenvalue weighted by molar-refractivity contribution is 6.30. The number of amides is 1. The van der Waals surface area contributed by atoms with Crippen LogP contribution in [0.5, 0.6) is 5.75 Å². The van der Waals surface area contributed by atoms with E-state index < -0.39 is 0 Å². The number of carbonyl (C=O) groups is 1. The maximum absolute atomic E-state index is 13.4. The lowest BCUT2D eigenvalue weighted by Gasteiger charge is -2.29. The Labute approximate surface area is 175 Å². The molecule has 2 aromatic carbocycles.